The highest BCUT2D eigenvalue weighted by Crippen LogP contribution is 2.22. The largest absolute Gasteiger partial charge is 0.496 e. The first-order chi connectivity index (χ1) is 9.20. The van der Waals surface area contributed by atoms with Crippen LogP contribution in [-0.2, 0) is 0 Å². The fourth-order valence-corrected chi connectivity index (χ4v) is 2.00. The number of hydrogen-bond donors (Lipinski definition) is 2. The van der Waals surface area contributed by atoms with E-state index < -0.39 is 6.10 Å². The van der Waals surface area contributed by atoms with E-state index in [1.807, 2.05) is 55.5 Å². The average molecular weight is 257 g/mol. The summed E-state index contributed by atoms with van der Waals surface area (Å²) in [6.07, 6.45) is -0.511. The molecule has 0 aliphatic carbocycles. The number of aliphatic hydroxyl groups excluding tert-OH is 1. The smallest absolute Gasteiger partial charge is 0.121 e. The molecule has 1 atom stereocenters. The van der Waals surface area contributed by atoms with Gasteiger partial charge in [-0.2, -0.15) is 0 Å². The van der Waals surface area contributed by atoms with E-state index in [1.165, 1.54) is 0 Å². The van der Waals surface area contributed by atoms with Crippen LogP contribution in [0.3, 0.4) is 0 Å². The lowest BCUT2D eigenvalue weighted by Crippen LogP contribution is -2.12. The second kappa shape index (κ2) is 6.25. The maximum atomic E-state index is 10.1. The Balaban J connectivity index is 1.97. The van der Waals surface area contributed by atoms with Crippen molar-refractivity contribution in [1.82, 2.24) is 0 Å². The number of nitrogens with one attached hydrogen (secondary N) is 1. The number of benzene rings is 2. The van der Waals surface area contributed by atoms with Crippen molar-refractivity contribution < 1.29 is 9.84 Å². The normalized spacial score (nSPS) is 11.9. The van der Waals surface area contributed by atoms with Gasteiger partial charge < -0.3 is 15.2 Å². The van der Waals surface area contributed by atoms with Crippen LogP contribution in [0.15, 0.2) is 48.5 Å². The predicted octanol–water partition coefficient (Wildman–Crippen LogP) is 3.15. The lowest BCUT2D eigenvalue weighted by molar-refractivity contribution is 0.191. The van der Waals surface area contributed by atoms with Crippen molar-refractivity contribution in [2.24, 2.45) is 0 Å². The van der Waals surface area contributed by atoms with E-state index in [0.29, 0.717) is 6.54 Å². The molecule has 2 aromatic carbocycles. The zero-order chi connectivity index (χ0) is 13.7. The van der Waals surface area contributed by atoms with Crippen molar-refractivity contribution in [1.29, 1.82) is 0 Å². The Morgan fingerprint density at radius 3 is 2.53 bits per heavy atom. The van der Waals surface area contributed by atoms with E-state index in [9.17, 15) is 5.11 Å². The first-order valence-electron chi connectivity index (χ1n) is 6.32. The highest BCUT2D eigenvalue weighted by Gasteiger charge is 2.06. The van der Waals surface area contributed by atoms with Crippen LogP contribution in [0.4, 0.5) is 5.69 Å². The van der Waals surface area contributed by atoms with Crippen LogP contribution in [0, 0.1) is 6.92 Å². The predicted molar refractivity (Wildman–Crippen MR) is 77.6 cm³/mol. The molecule has 1 unspecified atom stereocenters. The molecule has 0 saturated heterocycles. The topological polar surface area (TPSA) is 41.5 Å². The summed E-state index contributed by atoms with van der Waals surface area (Å²) in [4.78, 5) is 0. The van der Waals surface area contributed by atoms with Crippen molar-refractivity contribution in [3.8, 4) is 5.75 Å². The third-order valence-corrected chi connectivity index (χ3v) is 3.08. The molecule has 0 aromatic heterocycles. The molecule has 0 aliphatic heterocycles. The summed E-state index contributed by atoms with van der Waals surface area (Å²) in [5, 5.41) is 13.3. The molecule has 0 saturated carbocycles. The van der Waals surface area contributed by atoms with Crippen molar-refractivity contribution in [3.05, 3.63) is 59.7 Å². The molecule has 2 aromatic rings. The van der Waals surface area contributed by atoms with Gasteiger partial charge in [0.05, 0.1) is 13.2 Å². The van der Waals surface area contributed by atoms with Gasteiger partial charge in [0.25, 0.3) is 0 Å². The zero-order valence-corrected chi connectivity index (χ0v) is 11.3. The standard InChI is InChI=1S/C16H19NO2/c1-12-10-14(8-9-16(12)19-2)17-11-15(18)13-6-4-3-5-7-13/h3-10,15,17-18H,11H2,1-2H3. The molecular weight excluding hydrogens is 238 g/mol. The van der Waals surface area contributed by atoms with E-state index in [2.05, 4.69) is 5.32 Å². The quantitative estimate of drug-likeness (QED) is 0.864. The van der Waals surface area contributed by atoms with E-state index in [4.69, 9.17) is 4.74 Å². The van der Waals surface area contributed by atoms with E-state index in [-0.39, 0.29) is 0 Å². The van der Waals surface area contributed by atoms with Gasteiger partial charge in [0.1, 0.15) is 5.75 Å². The summed E-state index contributed by atoms with van der Waals surface area (Å²) < 4.78 is 5.22. The highest BCUT2D eigenvalue weighted by atomic mass is 16.5. The Morgan fingerprint density at radius 1 is 1.16 bits per heavy atom. The minimum absolute atomic E-state index is 0.482. The van der Waals surface area contributed by atoms with E-state index in [0.717, 1.165) is 22.6 Å². The molecule has 3 heteroatoms. The van der Waals surface area contributed by atoms with Gasteiger partial charge in [-0.15, -0.1) is 0 Å². The van der Waals surface area contributed by atoms with Gasteiger partial charge in [0.2, 0.25) is 0 Å². The third kappa shape index (κ3) is 3.48. The third-order valence-electron chi connectivity index (χ3n) is 3.08. The summed E-state index contributed by atoms with van der Waals surface area (Å²) in [5.41, 5.74) is 2.97. The van der Waals surface area contributed by atoms with Crippen LogP contribution in [0.1, 0.15) is 17.2 Å². The summed E-state index contributed by atoms with van der Waals surface area (Å²) in [7, 11) is 1.66. The number of aliphatic hydroxyl groups is 1. The Labute approximate surface area is 113 Å². The molecule has 0 fully saturated rings. The lowest BCUT2D eigenvalue weighted by Gasteiger charge is -2.14. The van der Waals surface area contributed by atoms with Crippen molar-refractivity contribution >= 4 is 5.69 Å². The van der Waals surface area contributed by atoms with Crippen LogP contribution in [0.5, 0.6) is 5.75 Å². The molecule has 0 aliphatic rings. The number of hydrogen-bond acceptors (Lipinski definition) is 3. The average Bonchev–Trinajstić information content (AvgIpc) is 2.46. The molecule has 0 spiro atoms. The minimum Gasteiger partial charge on any atom is -0.496 e. The molecular formula is C16H19NO2. The van der Waals surface area contributed by atoms with Crippen LogP contribution in [0.25, 0.3) is 0 Å². The van der Waals surface area contributed by atoms with E-state index in [1.54, 1.807) is 7.11 Å². The second-order valence-electron chi connectivity index (χ2n) is 4.49. The second-order valence-corrected chi connectivity index (χ2v) is 4.49. The fraction of sp³-hybridized carbons (Fsp3) is 0.250. The van der Waals surface area contributed by atoms with Gasteiger partial charge in [0, 0.05) is 12.2 Å². The Morgan fingerprint density at radius 2 is 1.89 bits per heavy atom. The molecule has 100 valence electrons. The lowest BCUT2D eigenvalue weighted by atomic mass is 10.1. The first-order valence-corrected chi connectivity index (χ1v) is 6.32. The van der Waals surface area contributed by atoms with Crippen molar-refractivity contribution in [2.75, 3.05) is 19.0 Å². The monoisotopic (exact) mass is 257 g/mol. The van der Waals surface area contributed by atoms with Gasteiger partial charge >= 0.3 is 0 Å². The molecule has 2 N–H and O–H groups in total. The molecule has 0 amide bonds. The van der Waals surface area contributed by atoms with Crippen LogP contribution in [0.2, 0.25) is 0 Å². The Kier molecular flexibility index (Phi) is 4.42. The highest BCUT2D eigenvalue weighted by molar-refractivity contribution is 5.50. The maximum absolute atomic E-state index is 10.1. The molecule has 0 heterocycles. The van der Waals surface area contributed by atoms with Crippen molar-refractivity contribution in [2.45, 2.75) is 13.0 Å². The van der Waals surface area contributed by atoms with Gasteiger partial charge in [-0.05, 0) is 36.2 Å². The number of ether oxygens (including phenoxy) is 1. The maximum Gasteiger partial charge on any atom is 0.121 e. The summed E-state index contributed by atoms with van der Waals surface area (Å²) in [6, 6.07) is 15.5. The summed E-state index contributed by atoms with van der Waals surface area (Å²) >= 11 is 0. The van der Waals surface area contributed by atoms with Gasteiger partial charge in [-0.1, -0.05) is 30.3 Å². The molecule has 2 rings (SSSR count). The van der Waals surface area contributed by atoms with Gasteiger partial charge in [0.15, 0.2) is 0 Å². The summed E-state index contributed by atoms with van der Waals surface area (Å²) in [5.74, 6) is 0.870. The minimum atomic E-state index is -0.511. The van der Waals surface area contributed by atoms with Crippen LogP contribution in [-0.4, -0.2) is 18.8 Å². The number of methoxy groups -OCH3 is 1. The fourth-order valence-electron chi connectivity index (χ4n) is 2.00. The molecule has 3 nitrogen and oxygen atoms in total. The number of rotatable bonds is 5. The first kappa shape index (κ1) is 13.4. The summed E-state index contributed by atoms with van der Waals surface area (Å²) in [6.45, 7) is 2.48. The molecule has 0 bridgehead atoms. The number of aryl methyl sites for hydroxylation is 1. The van der Waals surface area contributed by atoms with Crippen LogP contribution < -0.4 is 10.1 Å². The van der Waals surface area contributed by atoms with Gasteiger partial charge in [-0.3, -0.25) is 0 Å². The Hall–Kier alpha value is -2.00. The SMILES string of the molecule is COc1ccc(NCC(O)c2ccccc2)cc1C. The number of anilines is 1. The molecule has 0 radical (unpaired) electrons. The Bertz CT molecular complexity index is 526. The van der Waals surface area contributed by atoms with E-state index >= 15 is 0 Å². The zero-order valence-electron chi connectivity index (χ0n) is 11.3. The van der Waals surface area contributed by atoms with Gasteiger partial charge in [-0.25, -0.2) is 0 Å². The van der Waals surface area contributed by atoms with Crippen LogP contribution >= 0.6 is 0 Å². The molecule has 19 heavy (non-hydrogen) atoms. The van der Waals surface area contributed by atoms with Crippen molar-refractivity contribution in [3.63, 3.8) is 0 Å².